The third-order valence-corrected chi connectivity index (χ3v) is 2.44. The van der Waals surface area contributed by atoms with Gasteiger partial charge in [-0.15, -0.1) is 0 Å². The van der Waals surface area contributed by atoms with E-state index in [0.717, 1.165) is 17.5 Å². The van der Waals surface area contributed by atoms with Crippen LogP contribution in [0.15, 0.2) is 12.1 Å². The van der Waals surface area contributed by atoms with Gasteiger partial charge in [-0.1, -0.05) is 6.92 Å². The molecule has 2 nitrogen and oxygen atoms in total. The van der Waals surface area contributed by atoms with Gasteiger partial charge in [-0.25, -0.2) is 0 Å². The van der Waals surface area contributed by atoms with Crippen LogP contribution in [-0.2, 0) is 0 Å². The topological polar surface area (TPSA) is 26.3 Å². The predicted octanol–water partition coefficient (Wildman–Crippen LogP) is 3.29. The Balaban J connectivity index is 3.10. The Bertz CT molecular complexity index is 367. The Morgan fingerprint density at radius 3 is 2.40 bits per heavy atom. The Labute approximate surface area is 91.3 Å². The fraction of sp³-hybridized carbons (Fsp3) is 0.462. The van der Waals surface area contributed by atoms with Crippen molar-refractivity contribution in [2.45, 2.75) is 34.1 Å². The fourth-order valence-corrected chi connectivity index (χ4v) is 1.40. The number of carbonyl (C=O) groups is 1. The second-order valence-corrected chi connectivity index (χ2v) is 3.84. The SMILES string of the molecule is CCCOc1cc(C)c(C)cc1C(C)=O. The van der Waals surface area contributed by atoms with Gasteiger partial charge in [0.1, 0.15) is 5.75 Å². The molecule has 0 saturated carbocycles. The minimum Gasteiger partial charge on any atom is -0.493 e. The van der Waals surface area contributed by atoms with Gasteiger partial charge in [0, 0.05) is 0 Å². The fourth-order valence-electron chi connectivity index (χ4n) is 1.40. The van der Waals surface area contributed by atoms with Crippen LogP contribution in [0.2, 0.25) is 0 Å². The molecule has 0 aliphatic heterocycles. The third-order valence-electron chi connectivity index (χ3n) is 2.44. The molecule has 0 aliphatic rings. The second-order valence-electron chi connectivity index (χ2n) is 3.84. The maximum atomic E-state index is 11.4. The zero-order valence-electron chi connectivity index (χ0n) is 9.89. The van der Waals surface area contributed by atoms with Gasteiger partial charge in [-0.05, 0) is 50.5 Å². The molecule has 2 heteroatoms. The third kappa shape index (κ3) is 2.82. The number of ether oxygens (including phenoxy) is 1. The molecule has 0 aromatic heterocycles. The van der Waals surface area contributed by atoms with Crippen molar-refractivity contribution in [3.05, 3.63) is 28.8 Å². The smallest absolute Gasteiger partial charge is 0.163 e. The monoisotopic (exact) mass is 206 g/mol. The maximum absolute atomic E-state index is 11.4. The quantitative estimate of drug-likeness (QED) is 0.706. The molecule has 0 N–H and O–H groups in total. The highest BCUT2D eigenvalue weighted by atomic mass is 16.5. The number of Topliss-reactive ketones (excluding diaryl/α,β-unsaturated/α-hetero) is 1. The lowest BCUT2D eigenvalue weighted by atomic mass is 10.0. The van der Waals surface area contributed by atoms with Crippen LogP contribution in [0.4, 0.5) is 0 Å². The van der Waals surface area contributed by atoms with E-state index in [1.54, 1.807) is 6.92 Å². The summed E-state index contributed by atoms with van der Waals surface area (Å²) in [4.78, 5) is 11.4. The summed E-state index contributed by atoms with van der Waals surface area (Å²) in [6.45, 7) is 8.31. The van der Waals surface area contributed by atoms with Crippen LogP contribution in [0.1, 0.15) is 41.8 Å². The lowest BCUT2D eigenvalue weighted by Gasteiger charge is -2.11. The minimum atomic E-state index is 0.0594. The molecule has 0 spiro atoms. The van der Waals surface area contributed by atoms with E-state index in [9.17, 15) is 4.79 Å². The zero-order valence-corrected chi connectivity index (χ0v) is 9.89. The first kappa shape index (κ1) is 11.8. The van der Waals surface area contributed by atoms with Crippen molar-refractivity contribution in [2.75, 3.05) is 6.61 Å². The highest BCUT2D eigenvalue weighted by Gasteiger charge is 2.10. The number of ketones is 1. The molecule has 0 bridgehead atoms. The van der Waals surface area contributed by atoms with Crippen molar-refractivity contribution in [1.29, 1.82) is 0 Å². The largest absolute Gasteiger partial charge is 0.493 e. The Morgan fingerprint density at radius 1 is 1.27 bits per heavy atom. The highest BCUT2D eigenvalue weighted by molar-refractivity contribution is 5.97. The van der Waals surface area contributed by atoms with Crippen molar-refractivity contribution < 1.29 is 9.53 Å². The predicted molar refractivity (Wildman–Crippen MR) is 61.7 cm³/mol. The summed E-state index contributed by atoms with van der Waals surface area (Å²) in [6.07, 6.45) is 0.949. The summed E-state index contributed by atoms with van der Waals surface area (Å²) < 4.78 is 5.56. The second kappa shape index (κ2) is 4.96. The molecular formula is C13H18O2. The van der Waals surface area contributed by atoms with Crippen LogP contribution in [0.5, 0.6) is 5.75 Å². The number of aryl methyl sites for hydroxylation is 2. The van der Waals surface area contributed by atoms with Crippen molar-refractivity contribution in [1.82, 2.24) is 0 Å². The molecule has 0 unspecified atom stereocenters. The number of hydrogen-bond donors (Lipinski definition) is 0. The lowest BCUT2D eigenvalue weighted by molar-refractivity contribution is 0.101. The molecule has 0 saturated heterocycles. The number of rotatable bonds is 4. The molecule has 15 heavy (non-hydrogen) atoms. The summed E-state index contributed by atoms with van der Waals surface area (Å²) in [5, 5.41) is 0. The first-order valence-corrected chi connectivity index (χ1v) is 5.31. The molecule has 1 aromatic carbocycles. The van der Waals surface area contributed by atoms with Gasteiger partial charge in [0.2, 0.25) is 0 Å². The molecule has 0 radical (unpaired) electrons. The summed E-state index contributed by atoms with van der Waals surface area (Å²) in [5.74, 6) is 0.775. The molecule has 0 heterocycles. The van der Waals surface area contributed by atoms with Gasteiger partial charge in [-0.2, -0.15) is 0 Å². The molecule has 82 valence electrons. The number of hydrogen-bond acceptors (Lipinski definition) is 2. The van der Waals surface area contributed by atoms with Crippen LogP contribution in [0.25, 0.3) is 0 Å². The van der Waals surface area contributed by atoms with Crippen molar-refractivity contribution >= 4 is 5.78 Å². The first-order valence-electron chi connectivity index (χ1n) is 5.31. The van der Waals surface area contributed by atoms with E-state index in [0.29, 0.717) is 17.9 Å². The van der Waals surface area contributed by atoms with E-state index >= 15 is 0 Å². The van der Waals surface area contributed by atoms with E-state index in [1.807, 2.05) is 26.0 Å². The highest BCUT2D eigenvalue weighted by Crippen LogP contribution is 2.23. The van der Waals surface area contributed by atoms with Crippen LogP contribution < -0.4 is 4.74 Å². The van der Waals surface area contributed by atoms with Gasteiger partial charge < -0.3 is 4.74 Å². The van der Waals surface area contributed by atoms with Gasteiger partial charge >= 0.3 is 0 Å². The lowest BCUT2D eigenvalue weighted by Crippen LogP contribution is -2.03. The van der Waals surface area contributed by atoms with Crippen molar-refractivity contribution in [2.24, 2.45) is 0 Å². The van der Waals surface area contributed by atoms with Crippen LogP contribution in [0.3, 0.4) is 0 Å². The molecular weight excluding hydrogens is 188 g/mol. The molecule has 0 atom stereocenters. The minimum absolute atomic E-state index is 0.0594. The van der Waals surface area contributed by atoms with E-state index in [2.05, 4.69) is 6.92 Å². The molecule has 1 aromatic rings. The van der Waals surface area contributed by atoms with Crippen molar-refractivity contribution in [3.8, 4) is 5.75 Å². The average molecular weight is 206 g/mol. The zero-order chi connectivity index (χ0) is 11.4. The van der Waals surface area contributed by atoms with E-state index in [-0.39, 0.29) is 5.78 Å². The number of benzene rings is 1. The van der Waals surface area contributed by atoms with Crippen LogP contribution >= 0.6 is 0 Å². The first-order chi connectivity index (χ1) is 7.06. The Morgan fingerprint density at radius 2 is 1.87 bits per heavy atom. The van der Waals surface area contributed by atoms with Gasteiger partial charge in [0.05, 0.1) is 12.2 Å². The maximum Gasteiger partial charge on any atom is 0.163 e. The standard InChI is InChI=1S/C13H18O2/c1-5-6-15-13-8-10(3)9(2)7-12(13)11(4)14/h7-8H,5-6H2,1-4H3. The summed E-state index contributed by atoms with van der Waals surface area (Å²) in [5.41, 5.74) is 2.97. The number of carbonyl (C=O) groups excluding carboxylic acids is 1. The van der Waals surface area contributed by atoms with Gasteiger partial charge in [0.15, 0.2) is 5.78 Å². The van der Waals surface area contributed by atoms with Gasteiger partial charge in [-0.3, -0.25) is 4.79 Å². The van der Waals surface area contributed by atoms with Gasteiger partial charge in [0.25, 0.3) is 0 Å². The van der Waals surface area contributed by atoms with E-state index in [1.165, 1.54) is 0 Å². The van der Waals surface area contributed by atoms with Crippen LogP contribution in [0, 0.1) is 13.8 Å². The Hall–Kier alpha value is -1.31. The average Bonchev–Trinajstić information content (AvgIpc) is 2.19. The molecule has 0 fully saturated rings. The van der Waals surface area contributed by atoms with Crippen LogP contribution in [-0.4, -0.2) is 12.4 Å². The normalized spacial score (nSPS) is 10.1. The summed E-state index contributed by atoms with van der Waals surface area (Å²) >= 11 is 0. The molecule has 0 amide bonds. The van der Waals surface area contributed by atoms with E-state index < -0.39 is 0 Å². The van der Waals surface area contributed by atoms with E-state index in [4.69, 9.17) is 4.74 Å². The molecule has 1 rings (SSSR count). The summed E-state index contributed by atoms with van der Waals surface area (Å²) in [6, 6.07) is 3.85. The Kier molecular flexibility index (Phi) is 3.89. The van der Waals surface area contributed by atoms with Crippen molar-refractivity contribution in [3.63, 3.8) is 0 Å². The summed E-state index contributed by atoms with van der Waals surface area (Å²) in [7, 11) is 0. The molecule has 0 aliphatic carbocycles.